The highest BCUT2D eigenvalue weighted by Gasteiger charge is 2.57. The summed E-state index contributed by atoms with van der Waals surface area (Å²) in [5, 5.41) is 18.2. The van der Waals surface area contributed by atoms with Crippen LogP contribution in [0.1, 0.15) is 39.7 Å². The molecule has 16 heteroatoms. The third kappa shape index (κ3) is 7.38. The lowest BCUT2D eigenvalue weighted by Gasteiger charge is -2.32. The number of aliphatic hydroxyl groups excluding tert-OH is 1. The van der Waals surface area contributed by atoms with E-state index in [1.54, 1.807) is 38.2 Å². The molecular weight excluding hydrogens is 654 g/mol. The lowest BCUT2D eigenvalue weighted by Crippen LogP contribution is -2.48. The first-order chi connectivity index (χ1) is 22.2. The molecule has 2 aromatic heterocycles. The third-order valence-corrected chi connectivity index (χ3v) is 9.60. The fraction of sp³-hybridized carbons (Fsp3) is 0.484. The van der Waals surface area contributed by atoms with Crippen LogP contribution in [0.4, 0.5) is 10.2 Å². The summed E-state index contributed by atoms with van der Waals surface area (Å²) in [5.41, 5.74) is -1.57. The van der Waals surface area contributed by atoms with Gasteiger partial charge in [0.1, 0.15) is 29.3 Å². The summed E-state index contributed by atoms with van der Waals surface area (Å²) >= 11 is 6.33. The van der Waals surface area contributed by atoms with Crippen LogP contribution in [0, 0.1) is 12.3 Å². The van der Waals surface area contributed by atoms with Crippen LogP contribution in [-0.4, -0.2) is 80.7 Å². The topological polar surface area (TPSA) is 159 Å². The predicted octanol–water partition coefficient (Wildman–Crippen LogP) is 5.31. The van der Waals surface area contributed by atoms with Gasteiger partial charge in [-0.2, -0.15) is 5.09 Å². The van der Waals surface area contributed by atoms with Crippen molar-refractivity contribution in [3.8, 4) is 5.75 Å². The average molecular weight is 693 g/mol. The van der Waals surface area contributed by atoms with Gasteiger partial charge in [-0.15, -0.1) is 11.6 Å². The molecule has 254 valence electrons. The van der Waals surface area contributed by atoms with Gasteiger partial charge in [0, 0.05) is 12.4 Å². The Bertz CT molecular complexity index is 1800. The molecule has 2 aromatic carbocycles. The molecule has 6 atom stereocenters. The molecule has 0 unspecified atom stereocenters. The van der Waals surface area contributed by atoms with Crippen molar-refractivity contribution in [1.82, 2.24) is 24.6 Å². The minimum atomic E-state index is -4.48. The van der Waals surface area contributed by atoms with Crippen molar-refractivity contribution in [2.24, 2.45) is 5.41 Å². The van der Waals surface area contributed by atoms with Crippen molar-refractivity contribution in [1.29, 1.82) is 0 Å². The highest BCUT2D eigenvalue weighted by atomic mass is 35.5. The summed E-state index contributed by atoms with van der Waals surface area (Å²) in [5.74, 6) is -0.116. The molecule has 3 N–H and O–H groups in total. The third-order valence-electron chi connectivity index (χ3n) is 7.54. The van der Waals surface area contributed by atoms with Gasteiger partial charge in [-0.25, -0.2) is 23.9 Å². The van der Waals surface area contributed by atoms with Gasteiger partial charge < -0.3 is 24.4 Å². The minimum Gasteiger partial charge on any atom is -0.464 e. The van der Waals surface area contributed by atoms with E-state index < -0.39 is 56.3 Å². The summed E-state index contributed by atoms with van der Waals surface area (Å²) < 4.78 is 55.1. The van der Waals surface area contributed by atoms with Crippen molar-refractivity contribution in [3.63, 3.8) is 0 Å². The molecule has 0 aliphatic carbocycles. The molecule has 1 aliphatic rings. The highest BCUT2D eigenvalue weighted by Crippen LogP contribution is 2.50. The summed E-state index contributed by atoms with van der Waals surface area (Å²) in [7, 11) is -2.81. The number of ether oxygens (including phenoxy) is 2. The molecule has 0 spiro atoms. The number of carbonyl (C=O) groups is 1. The molecular formula is C31H39ClFN6O7P. The van der Waals surface area contributed by atoms with Gasteiger partial charge in [0.25, 0.3) is 0 Å². The van der Waals surface area contributed by atoms with E-state index in [9.17, 15) is 14.5 Å². The Labute approximate surface area is 276 Å². The SMILES string of the molecule is CNc1nc(C)nc2c1ncn2[C@@H]1O[C@](CCl)(CO[P@](=O)(N[C@H](C)C(=O)OCC(C)(C)C)Oc2cccc3ccccc23)[C@@H](O)[C@@H]1F. The molecule has 3 heterocycles. The number of esters is 1. The first-order valence-corrected chi connectivity index (χ1v) is 17.1. The number of nitrogens with one attached hydrogen (secondary N) is 2. The number of hydrogen-bond acceptors (Lipinski definition) is 11. The van der Waals surface area contributed by atoms with Gasteiger partial charge >= 0.3 is 13.7 Å². The van der Waals surface area contributed by atoms with Gasteiger partial charge in [-0.1, -0.05) is 57.2 Å². The Balaban J connectivity index is 1.44. The number of halogens is 2. The maximum Gasteiger partial charge on any atom is 0.459 e. The zero-order valence-electron chi connectivity index (χ0n) is 26.9. The first-order valence-electron chi connectivity index (χ1n) is 15.0. The lowest BCUT2D eigenvalue weighted by molar-refractivity contribution is -0.148. The first kappa shape index (κ1) is 34.9. The molecule has 47 heavy (non-hydrogen) atoms. The number of anilines is 1. The van der Waals surface area contributed by atoms with Crippen molar-refractivity contribution >= 4 is 53.1 Å². The number of fused-ring (bicyclic) bond motifs is 2. The molecule has 1 fully saturated rings. The van der Waals surface area contributed by atoms with Gasteiger partial charge in [0.15, 0.2) is 29.4 Å². The van der Waals surface area contributed by atoms with E-state index in [0.29, 0.717) is 22.5 Å². The predicted molar refractivity (Wildman–Crippen MR) is 175 cm³/mol. The molecule has 4 aromatic rings. The van der Waals surface area contributed by atoms with Crippen LogP contribution in [0.25, 0.3) is 21.9 Å². The maximum absolute atomic E-state index is 15.9. The van der Waals surface area contributed by atoms with Crippen LogP contribution in [0.5, 0.6) is 5.75 Å². The van der Waals surface area contributed by atoms with Gasteiger partial charge in [-0.3, -0.25) is 13.9 Å². The van der Waals surface area contributed by atoms with Crippen LogP contribution >= 0.6 is 19.3 Å². The van der Waals surface area contributed by atoms with Gasteiger partial charge in [0.2, 0.25) is 0 Å². The molecule has 0 amide bonds. The number of carbonyl (C=O) groups excluding carboxylic acids is 1. The normalized spacial score (nSPS) is 23.5. The molecule has 5 rings (SSSR count). The average Bonchev–Trinajstić information content (AvgIpc) is 3.56. The second kappa shape index (κ2) is 13.6. The van der Waals surface area contributed by atoms with Crippen LogP contribution in [0.15, 0.2) is 48.8 Å². The molecule has 13 nitrogen and oxygen atoms in total. The van der Waals surface area contributed by atoms with Crippen LogP contribution in [0.2, 0.25) is 0 Å². The van der Waals surface area contributed by atoms with E-state index in [2.05, 4.69) is 25.4 Å². The minimum absolute atomic E-state index is 0.116. The van der Waals surface area contributed by atoms with Crippen molar-refractivity contribution in [2.75, 3.05) is 31.5 Å². The Kier molecular flexibility index (Phi) is 10.1. The molecule has 0 saturated carbocycles. The lowest BCUT2D eigenvalue weighted by atomic mass is 9.99. The molecule has 0 bridgehead atoms. The number of rotatable bonds is 12. The zero-order chi connectivity index (χ0) is 34.1. The van der Waals surface area contributed by atoms with Crippen LogP contribution in [0.3, 0.4) is 0 Å². The number of aromatic nitrogens is 4. The van der Waals surface area contributed by atoms with E-state index in [0.717, 1.165) is 5.39 Å². The summed E-state index contributed by atoms with van der Waals surface area (Å²) in [4.78, 5) is 25.9. The number of benzene rings is 2. The van der Waals surface area contributed by atoms with E-state index in [-0.39, 0.29) is 23.4 Å². The van der Waals surface area contributed by atoms with Crippen LogP contribution in [-0.2, 0) is 23.4 Å². The summed E-state index contributed by atoms with van der Waals surface area (Å²) in [6.07, 6.45) is -3.93. The maximum atomic E-state index is 15.9. The Hall–Kier alpha value is -3.39. The summed E-state index contributed by atoms with van der Waals surface area (Å²) in [6.45, 7) is 8.26. The Morgan fingerprint density at radius 3 is 2.66 bits per heavy atom. The second-order valence-corrected chi connectivity index (χ2v) is 14.6. The number of aliphatic hydroxyl groups is 1. The highest BCUT2D eigenvalue weighted by molar-refractivity contribution is 7.52. The number of alkyl halides is 2. The van der Waals surface area contributed by atoms with Crippen molar-refractivity contribution < 1.29 is 37.4 Å². The largest absolute Gasteiger partial charge is 0.464 e. The molecule has 0 radical (unpaired) electrons. The van der Waals surface area contributed by atoms with Crippen molar-refractivity contribution in [2.45, 2.75) is 64.8 Å². The zero-order valence-corrected chi connectivity index (χ0v) is 28.6. The Morgan fingerprint density at radius 2 is 1.96 bits per heavy atom. The van der Waals surface area contributed by atoms with Crippen LogP contribution < -0.4 is 14.9 Å². The Morgan fingerprint density at radius 1 is 1.23 bits per heavy atom. The second-order valence-electron chi connectivity index (χ2n) is 12.6. The number of imidazole rings is 1. The molecule has 1 saturated heterocycles. The van der Waals surface area contributed by atoms with E-state index in [4.69, 9.17) is 30.1 Å². The fourth-order valence-corrected chi connectivity index (χ4v) is 6.94. The van der Waals surface area contributed by atoms with E-state index in [1.807, 2.05) is 39.0 Å². The number of aryl methyl sites for hydroxylation is 1. The van der Waals surface area contributed by atoms with E-state index in [1.165, 1.54) is 17.8 Å². The van der Waals surface area contributed by atoms with Gasteiger partial charge in [0.05, 0.1) is 25.4 Å². The fourth-order valence-electron chi connectivity index (χ4n) is 5.08. The monoisotopic (exact) mass is 692 g/mol. The smallest absolute Gasteiger partial charge is 0.459 e. The number of nitrogens with zero attached hydrogens (tertiary/aromatic N) is 4. The number of hydrogen-bond donors (Lipinski definition) is 3. The standard InChI is InChI=1S/C31H39ClFN6O7P/c1-18(29(41)43-15-30(3,4)5)38-47(42,46-22-13-9-11-20-10-7-8-12-21(20)22)44-16-31(14-32)25(40)23(33)28(45-31)39-17-35-24-26(34-6)36-19(2)37-27(24)39/h7-13,17-18,23,25,28,40H,14-16H2,1-6H3,(H,38,42)(H,34,36,37)/t18-,23+,25+,28-,31-,47-/m1/s1. The van der Waals surface area contributed by atoms with Crippen molar-refractivity contribution in [3.05, 3.63) is 54.6 Å². The quantitative estimate of drug-likeness (QED) is 0.100. The molecule has 1 aliphatic heterocycles. The summed E-state index contributed by atoms with van der Waals surface area (Å²) in [6, 6.07) is 11.3. The van der Waals surface area contributed by atoms with E-state index >= 15 is 4.39 Å². The van der Waals surface area contributed by atoms with Gasteiger partial charge in [-0.05, 0) is 30.7 Å².